The molecular weight excluding hydrogens is 463 g/mol. The van der Waals surface area contributed by atoms with Crippen LogP contribution in [0.1, 0.15) is 22.5 Å². The van der Waals surface area contributed by atoms with Gasteiger partial charge in [-0.25, -0.2) is 9.97 Å². The highest BCUT2D eigenvalue weighted by Gasteiger charge is 2.12. The van der Waals surface area contributed by atoms with Gasteiger partial charge in [-0.1, -0.05) is 34.5 Å². The van der Waals surface area contributed by atoms with Crippen molar-refractivity contribution in [3.05, 3.63) is 69.1 Å². The number of aryl methyl sites for hydroxylation is 1. The Kier molecular flexibility index (Phi) is 6.29. The highest BCUT2D eigenvalue weighted by molar-refractivity contribution is 7.22. The first-order chi connectivity index (χ1) is 14.5. The van der Waals surface area contributed by atoms with E-state index in [0.29, 0.717) is 32.3 Å². The van der Waals surface area contributed by atoms with E-state index < -0.39 is 0 Å². The molecule has 10 heteroatoms. The summed E-state index contributed by atoms with van der Waals surface area (Å²) in [5.74, 6) is -0.416. The minimum absolute atomic E-state index is 0.153. The van der Waals surface area contributed by atoms with Gasteiger partial charge < -0.3 is 5.32 Å². The van der Waals surface area contributed by atoms with Gasteiger partial charge in [0, 0.05) is 27.4 Å². The van der Waals surface area contributed by atoms with Crippen LogP contribution in [0.15, 0.2) is 47.8 Å². The van der Waals surface area contributed by atoms with Crippen molar-refractivity contribution in [1.82, 2.24) is 9.97 Å². The van der Waals surface area contributed by atoms with Crippen LogP contribution in [0.3, 0.4) is 0 Å². The van der Waals surface area contributed by atoms with Crippen LogP contribution in [0, 0.1) is 0 Å². The molecule has 4 aromatic rings. The average molecular weight is 477 g/mol. The predicted octanol–water partition coefficient (Wildman–Crippen LogP) is 5.88. The van der Waals surface area contributed by atoms with Gasteiger partial charge in [0.2, 0.25) is 5.91 Å². The monoisotopic (exact) mass is 476 g/mol. The van der Waals surface area contributed by atoms with E-state index in [0.717, 1.165) is 15.9 Å². The molecule has 4 rings (SSSR count). The fourth-order valence-electron chi connectivity index (χ4n) is 2.63. The largest absolute Gasteiger partial charge is 0.302 e. The molecule has 0 atom stereocenters. The zero-order chi connectivity index (χ0) is 21.1. The third-order valence-electron chi connectivity index (χ3n) is 4.08. The molecular formula is C20H14Cl2N4O2S2. The molecule has 0 aliphatic carbocycles. The lowest BCUT2D eigenvalue weighted by atomic mass is 10.2. The zero-order valence-corrected chi connectivity index (χ0v) is 18.5. The Morgan fingerprint density at radius 1 is 0.933 bits per heavy atom. The maximum Gasteiger partial charge on any atom is 0.257 e. The third kappa shape index (κ3) is 5.14. The van der Waals surface area contributed by atoms with Crippen molar-refractivity contribution in [2.45, 2.75) is 12.8 Å². The summed E-state index contributed by atoms with van der Waals surface area (Å²) in [5.41, 5.74) is 2.02. The molecule has 30 heavy (non-hydrogen) atoms. The van der Waals surface area contributed by atoms with Crippen LogP contribution in [0.2, 0.25) is 10.0 Å². The number of anilines is 2. The fraction of sp³-hybridized carbons (Fsp3) is 0.100. The topological polar surface area (TPSA) is 84.0 Å². The summed E-state index contributed by atoms with van der Waals surface area (Å²) in [4.78, 5) is 33.2. The summed E-state index contributed by atoms with van der Waals surface area (Å²) >= 11 is 14.5. The predicted molar refractivity (Wildman–Crippen MR) is 123 cm³/mol. The van der Waals surface area contributed by atoms with Crippen LogP contribution < -0.4 is 10.6 Å². The molecule has 0 spiro atoms. The Labute approximate surface area is 189 Å². The Morgan fingerprint density at radius 3 is 2.50 bits per heavy atom. The highest BCUT2D eigenvalue weighted by atomic mass is 35.5. The molecule has 0 fully saturated rings. The number of nitrogens with zero attached hydrogens (tertiary/aromatic N) is 2. The van der Waals surface area contributed by atoms with E-state index in [1.54, 1.807) is 30.3 Å². The molecule has 2 aromatic heterocycles. The van der Waals surface area contributed by atoms with E-state index in [2.05, 4.69) is 20.6 Å². The number of benzene rings is 2. The van der Waals surface area contributed by atoms with Crippen LogP contribution in [0.5, 0.6) is 0 Å². The van der Waals surface area contributed by atoms with E-state index >= 15 is 0 Å². The van der Waals surface area contributed by atoms with Gasteiger partial charge >= 0.3 is 0 Å². The highest BCUT2D eigenvalue weighted by Crippen LogP contribution is 2.28. The summed E-state index contributed by atoms with van der Waals surface area (Å²) in [5, 5.41) is 9.59. The van der Waals surface area contributed by atoms with Crippen LogP contribution in [-0.2, 0) is 11.2 Å². The van der Waals surface area contributed by atoms with Crippen molar-refractivity contribution >= 4 is 78.2 Å². The first-order valence-corrected chi connectivity index (χ1v) is 11.3. The molecule has 0 saturated heterocycles. The SMILES string of the molecule is O=C(CCc1csc(NC(=O)c2ccc(Cl)cc2)n1)Nc1nc2ccc(Cl)cc2s1. The van der Waals surface area contributed by atoms with Gasteiger partial charge in [0.15, 0.2) is 10.3 Å². The lowest BCUT2D eigenvalue weighted by molar-refractivity contribution is -0.116. The van der Waals surface area contributed by atoms with Crippen molar-refractivity contribution in [2.75, 3.05) is 10.6 Å². The van der Waals surface area contributed by atoms with Crippen molar-refractivity contribution in [3.63, 3.8) is 0 Å². The number of aromatic nitrogens is 2. The van der Waals surface area contributed by atoms with Crippen molar-refractivity contribution in [1.29, 1.82) is 0 Å². The van der Waals surface area contributed by atoms with Crippen LogP contribution >= 0.6 is 45.9 Å². The van der Waals surface area contributed by atoms with Gasteiger partial charge in [0.1, 0.15) is 0 Å². The number of thiazole rings is 2. The van der Waals surface area contributed by atoms with Crippen molar-refractivity contribution in [2.24, 2.45) is 0 Å². The Balaban J connectivity index is 1.30. The first kappa shape index (κ1) is 20.7. The minimum Gasteiger partial charge on any atom is -0.302 e. The Morgan fingerprint density at radius 2 is 1.70 bits per heavy atom. The maximum atomic E-state index is 12.3. The molecule has 2 amide bonds. The second-order valence-electron chi connectivity index (χ2n) is 6.28. The summed E-state index contributed by atoms with van der Waals surface area (Å²) in [7, 11) is 0. The van der Waals surface area contributed by atoms with Crippen LogP contribution in [0.25, 0.3) is 10.2 Å². The number of hydrogen-bond donors (Lipinski definition) is 2. The molecule has 152 valence electrons. The van der Waals surface area contributed by atoms with E-state index in [4.69, 9.17) is 23.2 Å². The second kappa shape index (κ2) is 9.09. The Hall–Kier alpha value is -2.52. The number of fused-ring (bicyclic) bond motifs is 1. The van der Waals surface area contributed by atoms with Gasteiger partial charge in [-0.05, 0) is 48.9 Å². The number of amides is 2. The minimum atomic E-state index is -0.263. The average Bonchev–Trinajstić information content (AvgIpc) is 3.32. The Bertz CT molecular complexity index is 1220. The maximum absolute atomic E-state index is 12.3. The standard InChI is InChI=1S/C20H14Cl2N4O2S2/c21-12-3-1-11(2-4-12)18(28)26-19-23-14(10-29-19)6-8-17(27)25-20-24-15-7-5-13(22)9-16(15)30-20/h1-5,7,9-10H,6,8H2,(H,23,26,28)(H,24,25,27). The molecule has 0 aliphatic heterocycles. The van der Waals surface area contributed by atoms with Crippen LogP contribution in [-0.4, -0.2) is 21.8 Å². The molecule has 0 bridgehead atoms. The lowest BCUT2D eigenvalue weighted by Crippen LogP contribution is -2.13. The normalized spacial score (nSPS) is 10.9. The van der Waals surface area contributed by atoms with E-state index in [1.807, 2.05) is 17.5 Å². The first-order valence-electron chi connectivity index (χ1n) is 8.83. The number of rotatable bonds is 6. The van der Waals surface area contributed by atoms with Crippen molar-refractivity contribution in [3.8, 4) is 0 Å². The second-order valence-corrected chi connectivity index (χ2v) is 9.05. The number of hydrogen-bond acceptors (Lipinski definition) is 6. The van der Waals surface area contributed by atoms with E-state index in [1.165, 1.54) is 22.7 Å². The number of nitrogens with one attached hydrogen (secondary N) is 2. The van der Waals surface area contributed by atoms with Gasteiger partial charge in [-0.2, -0.15) is 0 Å². The molecule has 2 heterocycles. The van der Waals surface area contributed by atoms with Crippen LogP contribution in [0.4, 0.5) is 10.3 Å². The van der Waals surface area contributed by atoms with Gasteiger partial charge in [0.25, 0.3) is 5.91 Å². The summed E-state index contributed by atoms with van der Waals surface area (Å²) in [6.45, 7) is 0. The summed E-state index contributed by atoms with van der Waals surface area (Å²) < 4.78 is 0.915. The smallest absolute Gasteiger partial charge is 0.257 e. The summed E-state index contributed by atoms with van der Waals surface area (Å²) in [6.07, 6.45) is 0.709. The summed E-state index contributed by atoms with van der Waals surface area (Å²) in [6, 6.07) is 12.0. The molecule has 0 unspecified atom stereocenters. The fourth-order valence-corrected chi connectivity index (χ4v) is 4.65. The number of carbonyl (C=O) groups excluding carboxylic acids is 2. The van der Waals surface area contributed by atoms with Gasteiger partial charge in [-0.15, -0.1) is 11.3 Å². The van der Waals surface area contributed by atoms with E-state index in [-0.39, 0.29) is 18.2 Å². The zero-order valence-electron chi connectivity index (χ0n) is 15.3. The molecule has 0 saturated carbocycles. The van der Waals surface area contributed by atoms with Gasteiger partial charge in [-0.3, -0.25) is 14.9 Å². The van der Waals surface area contributed by atoms with Gasteiger partial charge in [0.05, 0.1) is 15.9 Å². The molecule has 2 N–H and O–H groups in total. The molecule has 6 nitrogen and oxygen atoms in total. The van der Waals surface area contributed by atoms with E-state index in [9.17, 15) is 9.59 Å². The molecule has 2 aromatic carbocycles. The molecule has 0 radical (unpaired) electrons. The lowest BCUT2D eigenvalue weighted by Gasteiger charge is -2.02. The quantitative estimate of drug-likeness (QED) is 0.363. The van der Waals surface area contributed by atoms with Crippen molar-refractivity contribution < 1.29 is 9.59 Å². The molecule has 0 aliphatic rings. The number of halogens is 2. The third-order valence-corrected chi connectivity index (χ3v) is 6.31. The number of carbonyl (C=O) groups is 2.